The number of fused-ring (bicyclic) bond motifs is 1. The number of aryl methyl sites for hydroxylation is 2. The van der Waals surface area contributed by atoms with Gasteiger partial charge in [-0.3, -0.25) is 4.79 Å². The Morgan fingerprint density at radius 3 is 2.50 bits per heavy atom. The van der Waals surface area contributed by atoms with Gasteiger partial charge in [0.2, 0.25) is 5.89 Å². The molecule has 0 fully saturated rings. The van der Waals surface area contributed by atoms with Crippen LogP contribution in [0.25, 0.3) is 22.6 Å². The van der Waals surface area contributed by atoms with E-state index in [2.05, 4.69) is 10.3 Å². The summed E-state index contributed by atoms with van der Waals surface area (Å²) in [6.45, 7) is 3.71. The lowest BCUT2D eigenvalue weighted by Gasteiger charge is -2.09. The van der Waals surface area contributed by atoms with E-state index in [9.17, 15) is 9.59 Å². The van der Waals surface area contributed by atoms with Crippen LogP contribution in [0.5, 0.6) is 5.75 Å². The molecule has 4 aromatic rings. The number of nitrogens with zero attached hydrogens (tertiary/aromatic N) is 1. The van der Waals surface area contributed by atoms with Gasteiger partial charge in [-0.15, -0.1) is 0 Å². The van der Waals surface area contributed by atoms with Crippen molar-refractivity contribution in [2.75, 3.05) is 19.0 Å². The number of carbonyl (C=O) groups is 2. The summed E-state index contributed by atoms with van der Waals surface area (Å²) < 4.78 is 16.3. The highest BCUT2D eigenvalue weighted by atomic mass is 16.5. The van der Waals surface area contributed by atoms with Crippen molar-refractivity contribution in [3.05, 3.63) is 77.4 Å². The first-order chi connectivity index (χ1) is 15.4. The zero-order valence-corrected chi connectivity index (χ0v) is 18.0. The molecule has 0 unspecified atom stereocenters. The molecule has 1 N–H and O–H groups in total. The fourth-order valence-corrected chi connectivity index (χ4v) is 3.31. The lowest BCUT2D eigenvalue weighted by Crippen LogP contribution is -2.20. The van der Waals surface area contributed by atoms with Gasteiger partial charge in [0, 0.05) is 11.3 Å². The molecule has 0 saturated heterocycles. The summed E-state index contributed by atoms with van der Waals surface area (Å²) in [4.78, 5) is 28.8. The van der Waals surface area contributed by atoms with E-state index in [-0.39, 0.29) is 12.5 Å². The van der Waals surface area contributed by atoms with Crippen molar-refractivity contribution in [3.63, 3.8) is 0 Å². The second kappa shape index (κ2) is 8.93. The minimum atomic E-state index is -0.479. The minimum Gasteiger partial charge on any atom is -0.483 e. The molecule has 1 aromatic heterocycles. The van der Waals surface area contributed by atoms with Crippen molar-refractivity contribution in [2.24, 2.45) is 0 Å². The molecule has 0 aliphatic rings. The molecule has 4 rings (SSSR count). The third-order valence-electron chi connectivity index (χ3n) is 4.91. The molecule has 0 radical (unpaired) electrons. The number of benzene rings is 3. The van der Waals surface area contributed by atoms with Gasteiger partial charge in [-0.05, 0) is 67.4 Å². The summed E-state index contributed by atoms with van der Waals surface area (Å²) >= 11 is 0. The number of hydrogen-bond acceptors (Lipinski definition) is 6. The topological polar surface area (TPSA) is 90.7 Å². The van der Waals surface area contributed by atoms with Crippen LogP contribution in [0.3, 0.4) is 0 Å². The number of oxazole rings is 1. The zero-order chi connectivity index (χ0) is 22.7. The predicted molar refractivity (Wildman–Crippen MR) is 121 cm³/mol. The molecule has 7 nitrogen and oxygen atoms in total. The summed E-state index contributed by atoms with van der Waals surface area (Å²) in [6, 6.07) is 18.2. The van der Waals surface area contributed by atoms with Crippen LogP contribution in [-0.2, 0) is 9.53 Å². The number of aromatic nitrogens is 1. The van der Waals surface area contributed by atoms with Crippen LogP contribution < -0.4 is 10.1 Å². The van der Waals surface area contributed by atoms with Gasteiger partial charge in [-0.25, -0.2) is 9.78 Å². The van der Waals surface area contributed by atoms with E-state index in [1.807, 2.05) is 44.2 Å². The lowest BCUT2D eigenvalue weighted by atomic mass is 10.1. The summed E-state index contributed by atoms with van der Waals surface area (Å²) in [5, 5.41) is 2.80. The van der Waals surface area contributed by atoms with Gasteiger partial charge in [0.25, 0.3) is 5.91 Å². The van der Waals surface area contributed by atoms with E-state index >= 15 is 0 Å². The van der Waals surface area contributed by atoms with Crippen molar-refractivity contribution in [1.82, 2.24) is 4.98 Å². The lowest BCUT2D eigenvalue weighted by molar-refractivity contribution is -0.118. The normalized spacial score (nSPS) is 10.7. The van der Waals surface area contributed by atoms with Crippen molar-refractivity contribution < 1.29 is 23.5 Å². The van der Waals surface area contributed by atoms with E-state index in [0.29, 0.717) is 39.6 Å². The molecule has 0 spiro atoms. The maximum Gasteiger partial charge on any atom is 0.341 e. The number of para-hydroxylation sites is 1. The fourth-order valence-electron chi connectivity index (χ4n) is 3.31. The Bertz CT molecular complexity index is 1290. The maximum atomic E-state index is 12.2. The molecule has 1 heterocycles. The van der Waals surface area contributed by atoms with Crippen LogP contribution in [0.1, 0.15) is 21.5 Å². The van der Waals surface area contributed by atoms with E-state index in [4.69, 9.17) is 13.9 Å². The first-order valence-electron chi connectivity index (χ1n) is 10.0. The van der Waals surface area contributed by atoms with Crippen molar-refractivity contribution in [3.8, 4) is 17.2 Å². The number of amides is 1. The molecule has 32 heavy (non-hydrogen) atoms. The van der Waals surface area contributed by atoms with Gasteiger partial charge in [-0.2, -0.15) is 0 Å². The van der Waals surface area contributed by atoms with Gasteiger partial charge in [0.15, 0.2) is 12.2 Å². The summed E-state index contributed by atoms with van der Waals surface area (Å²) in [5.41, 5.74) is 4.46. The van der Waals surface area contributed by atoms with Gasteiger partial charge in [0.05, 0.1) is 7.11 Å². The number of hydrogen-bond donors (Lipinski definition) is 1. The quantitative estimate of drug-likeness (QED) is 0.437. The Kier molecular flexibility index (Phi) is 5.89. The van der Waals surface area contributed by atoms with Crippen LogP contribution in [-0.4, -0.2) is 30.6 Å². The largest absolute Gasteiger partial charge is 0.483 e. The average molecular weight is 430 g/mol. The molecule has 162 valence electrons. The third-order valence-corrected chi connectivity index (χ3v) is 4.91. The third kappa shape index (κ3) is 4.46. The van der Waals surface area contributed by atoms with E-state index in [1.54, 1.807) is 30.3 Å². The summed E-state index contributed by atoms with van der Waals surface area (Å²) in [5.74, 6) is 0.306. The molecule has 7 heteroatoms. The number of anilines is 1. The Labute approximate surface area is 185 Å². The van der Waals surface area contributed by atoms with Gasteiger partial charge < -0.3 is 19.2 Å². The van der Waals surface area contributed by atoms with Crippen LogP contribution in [0.15, 0.2) is 65.1 Å². The number of methoxy groups -OCH3 is 1. The second-order valence-electron chi connectivity index (χ2n) is 7.35. The molecule has 1 amide bonds. The van der Waals surface area contributed by atoms with Crippen LogP contribution in [0.2, 0.25) is 0 Å². The molecule has 0 bridgehead atoms. The highest BCUT2D eigenvalue weighted by Gasteiger charge is 2.18. The Morgan fingerprint density at radius 2 is 1.78 bits per heavy atom. The number of rotatable bonds is 6. The number of esters is 1. The molecule has 0 aliphatic carbocycles. The highest BCUT2D eigenvalue weighted by Crippen LogP contribution is 2.29. The first kappa shape index (κ1) is 21.1. The van der Waals surface area contributed by atoms with Gasteiger partial charge in [-0.1, -0.05) is 18.2 Å². The molecule has 0 saturated carbocycles. The van der Waals surface area contributed by atoms with Crippen molar-refractivity contribution in [2.45, 2.75) is 13.8 Å². The molecule has 0 aliphatic heterocycles. The average Bonchev–Trinajstić information content (AvgIpc) is 3.22. The number of carbonyl (C=O) groups excluding carboxylic acids is 2. The smallest absolute Gasteiger partial charge is 0.341 e. The molecule has 3 aromatic carbocycles. The monoisotopic (exact) mass is 430 g/mol. The zero-order valence-electron chi connectivity index (χ0n) is 18.0. The van der Waals surface area contributed by atoms with E-state index in [1.165, 1.54) is 7.11 Å². The number of nitrogens with one attached hydrogen (secondary N) is 1. The van der Waals surface area contributed by atoms with Crippen LogP contribution >= 0.6 is 0 Å². The molecular formula is C25H22N2O5. The maximum absolute atomic E-state index is 12.2. The Morgan fingerprint density at radius 1 is 1.03 bits per heavy atom. The van der Waals surface area contributed by atoms with Crippen molar-refractivity contribution >= 4 is 28.7 Å². The fraction of sp³-hybridized carbons (Fsp3) is 0.160. The van der Waals surface area contributed by atoms with Gasteiger partial charge >= 0.3 is 5.97 Å². The Balaban J connectivity index is 1.47. The predicted octanol–water partition coefficient (Wildman–Crippen LogP) is 4.92. The second-order valence-corrected chi connectivity index (χ2v) is 7.35. The molecular weight excluding hydrogens is 408 g/mol. The van der Waals surface area contributed by atoms with Crippen LogP contribution in [0.4, 0.5) is 5.69 Å². The SMILES string of the molecule is COC(=O)c1cc(C)cc2nc(-c3ccc(NC(=O)COc4ccccc4C)cc3)oc12. The number of ether oxygens (including phenoxy) is 2. The van der Waals surface area contributed by atoms with Crippen LogP contribution in [0, 0.1) is 13.8 Å². The first-order valence-corrected chi connectivity index (χ1v) is 10.0. The van der Waals surface area contributed by atoms with Crippen molar-refractivity contribution in [1.29, 1.82) is 0 Å². The molecule has 0 atom stereocenters. The van der Waals surface area contributed by atoms with Gasteiger partial charge in [0.1, 0.15) is 16.8 Å². The Hall–Kier alpha value is -4.13. The van der Waals surface area contributed by atoms with E-state index in [0.717, 1.165) is 11.1 Å². The van der Waals surface area contributed by atoms with E-state index < -0.39 is 5.97 Å². The minimum absolute atomic E-state index is 0.0899. The highest BCUT2D eigenvalue weighted by molar-refractivity contribution is 6.01. The summed E-state index contributed by atoms with van der Waals surface area (Å²) in [7, 11) is 1.33. The standard InChI is InChI=1S/C25H22N2O5/c1-15-12-19(25(29)30-3)23-20(13-15)27-24(32-23)17-8-10-18(11-9-17)26-22(28)14-31-21-7-5-4-6-16(21)2/h4-13H,14H2,1-3H3,(H,26,28). The summed E-state index contributed by atoms with van der Waals surface area (Å²) in [6.07, 6.45) is 0.